The number of rotatable bonds is 16. The van der Waals surface area contributed by atoms with E-state index in [1.807, 2.05) is 13.8 Å². The molecule has 0 saturated carbocycles. The molecule has 4 nitrogen and oxygen atoms in total. The number of hydrogen-bond donors (Lipinski definition) is 0. The predicted octanol–water partition coefficient (Wildman–Crippen LogP) is 6.41. The van der Waals surface area contributed by atoms with Crippen LogP contribution in [0.25, 0.3) is 0 Å². The topological polar surface area (TPSA) is 52.6 Å². The van der Waals surface area contributed by atoms with Crippen LogP contribution < -0.4 is 0 Å². The molecule has 0 aliphatic rings. The van der Waals surface area contributed by atoms with E-state index >= 15 is 0 Å². The fraction of sp³-hybridized carbons (Fsp3) is 0.909. The lowest BCUT2D eigenvalue weighted by atomic mass is 9.99. The Labute approximate surface area is 161 Å². The van der Waals surface area contributed by atoms with Gasteiger partial charge in [-0.2, -0.15) is 0 Å². The summed E-state index contributed by atoms with van der Waals surface area (Å²) in [6.45, 7) is 10.4. The van der Waals surface area contributed by atoms with Gasteiger partial charge in [0.1, 0.15) is 0 Å². The van der Waals surface area contributed by atoms with Crippen LogP contribution in [0.5, 0.6) is 0 Å². The largest absolute Gasteiger partial charge is 0.425 e. The number of carbonyl (C=O) groups is 2. The minimum atomic E-state index is -0.729. The molecule has 0 rings (SSSR count). The molecule has 0 aliphatic heterocycles. The van der Waals surface area contributed by atoms with Gasteiger partial charge >= 0.3 is 11.9 Å². The summed E-state index contributed by atoms with van der Waals surface area (Å²) in [5.74, 6) is -0.609. The number of unbranched alkanes of at least 4 members (excludes halogenated alkanes) is 4. The van der Waals surface area contributed by atoms with Crippen LogP contribution in [0.4, 0.5) is 0 Å². The molecule has 0 spiro atoms. The van der Waals surface area contributed by atoms with Gasteiger partial charge in [0.25, 0.3) is 0 Å². The van der Waals surface area contributed by atoms with Crippen molar-refractivity contribution in [2.24, 2.45) is 11.8 Å². The quantitative estimate of drug-likeness (QED) is 0.179. The fourth-order valence-corrected chi connectivity index (χ4v) is 3.03. The maximum absolute atomic E-state index is 12.5. The van der Waals surface area contributed by atoms with Crippen LogP contribution in [0, 0.1) is 11.8 Å². The van der Waals surface area contributed by atoms with Gasteiger partial charge in [0.15, 0.2) is 0 Å². The molecular weight excluding hydrogens is 328 g/mol. The van der Waals surface area contributed by atoms with Gasteiger partial charge in [-0.05, 0) is 32.1 Å². The van der Waals surface area contributed by atoms with Crippen molar-refractivity contribution in [3.8, 4) is 0 Å². The van der Waals surface area contributed by atoms with Crippen molar-refractivity contribution in [2.75, 3.05) is 0 Å². The highest BCUT2D eigenvalue weighted by molar-refractivity contribution is 5.74. The monoisotopic (exact) mass is 370 g/mol. The summed E-state index contributed by atoms with van der Waals surface area (Å²) < 4.78 is 11.3. The van der Waals surface area contributed by atoms with Crippen molar-refractivity contribution in [1.82, 2.24) is 0 Å². The highest BCUT2D eigenvalue weighted by Crippen LogP contribution is 2.20. The summed E-state index contributed by atoms with van der Waals surface area (Å²) in [5.41, 5.74) is 0. The van der Waals surface area contributed by atoms with Crippen LogP contribution in [0.2, 0.25) is 0 Å². The van der Waals surface area contributed by atoms with E-state index in [0.29, 0.717) is 6.42 Å². The third-order valence-corrected chi connectivity index (χ3v) is 5.00. The van der Waals surface area contributed by atoms with Crippen molar-refractivity contribution >= 4 is 11.9 Å². The maximum atomic E-state index is 12.5. The molecule has 2 unspecified atom stereocenters. The van der Waals surface area contributed by atoms with E-state index in [2.05, 4.69) is 20.8 Å². The van der Waals surface area contributed by atoms with Gasteiger partial charge in [0, 0.05) is 6.42 Å². The Kier molecular flexibility index (Phi) is 15.5. The second-order valence-electron chi connectivity index (χ2n) is 7.29. The second-order valence-corrected chi connectivity index (χ2v) is 7.29. The van der Waals surface area contributed by atoms with Crippen LogP contribution >= 0.6 is 0 Å². The summed E-state index contributed by atoms with van der Waals surface area (Å²) in [6, 6.07) is 0. The standard InChI is InChI=1S/C22H42O4/c1-6-11-14-17-20(25-21(23)18(9-4)15-12-7-2)26-22(24)19(10-5)16-13-8-3/h18-20H,6-17H2,1-5H3. The molecule has 0 fully saturated rings. The normalized spacial score (nSPS) is 14.5. The van der Waals surface area contributed by atoms with Gasteiger partial charge in [-0.3, -0.25) is 9.59 Å². The molecule has 0 aromatic heterocycles. The van der Waals surface area contributed by atoms with Crippen LogP contribution in [-0.2, 0) is 19.1 Å². The van der Waals surface area contributed by atoms with Crippen LogP contribution in [0.1, 0.15) is 112 Å². The van der Waals surface area contributed by atoms with Crippen LogP contribution in [0.15, 0.2) is 0 Å². The Balaban J connectivity index is 4.80. The number of ether oxygens (including phenoxy) is 2. The summed E-state index contributed by atoms with van der Waals surface area (Å²) in [5, 5.41) is 0. The lowest BCUT2D eigenvalue weighted by Gasteiger charge is -2.23. The minimum Gasteiger partial charge on any atom is -0.425 e. The van der Waals surface area contributed by atoms with Crippen LogP contribution in [-0.4, -0.2) is 18.2 Å². The van der Waals surface area contributed by atoms with Crippen molar-refractivity contribution in [2.45, 2.75) is 118 Å². The molecule has 0 radical (unpaired) electrons. The summed E-state index contributed by atoms with van der Waals surface area (Å²) in [4.78, 5) is 25.0. The van der Waals surface area contributed by atoms with Gasteiger partial charge in [-0.1, -0.05) is 73.1 Å². The highest BCUT2D eigenvalue weighted by atomic mass is 16.7. The second kappa shape index (κ2) is 16.1. The van der Waals surface area contributed by atoms with Crippen molar-refractivity contribution < 1.29 is 19.1 Å². The highest BCUT2D eigenvalue weighted by Gasteiger charge is 2.26. The van der Waals surface area contributed by atoms with Crippen molar-refractivity contribution in [3.05, 3.63) is 0 Å². The molecule has 2 atom stereocenters. The van der Waals surface area contributed by atoms with Gasteiger partial charge in [-0.15, -0.1) is 0 Å². The molecule has 0 bridgehead atoms. The van der Waals surface area contributed by atoms with E-state index in [-0.39, 0.29) is 23.8 Å². The fourth-order valence-electron chi connectivity index (χ4n) is 3.03. The van der Waals surface area contributed by atoms with E-state index in [9.17, 15) is 9.59 Å². The predicted molar refractivity (Wildman–Crippen MR) is 107 cm³/mol. The first-order valence-corrected chi connectivity index (χ1v) is 10.9. The smallest absolute Gasteiger partial charge is 0.311 e. The zero-order valence-electron chi connectivity index (χ0n) is 17.9. The maximum Gasteiger partial charge on any atom is 0.311 e. The summed E-state index contributed by atoms with van der Waals surface area (Å²) in [7, 11) is 0. The average molecular weight is 371 g/mol. The molecule has 4 heteroatoms. The lowest BCUT2D eigenvalue weighted by Crippen LogP contribution is -2.30. The number of esters is 2. The third-order valence-electron chi connectivity index (χ3n) is 5.00. The molecule has 0 N–H and O–H groups in total. The molecule has 0 aromatic rings. The Bertz CT molecular complexity index is 337. The first-order valence-electron chi connectivity index (χ1n) is 10.9. The Morgan fingerprint density at radius 1 is 0.615 bits per heavy atom. The lowest BCUT2D eigenvalue weighted by molar-refractivity contribution is -0.195. The Hall–Kier alpha value is -1.06. The molecule has 0 aromatic carbocycles. The minimum absolute atomic E-state index is 0.0932. The molecular formula is C22H42O4. The van der Waals surface area contributed by atoms with Gasteiger partial charge in [0.2, 0.25) is 6.29 Å². The molecule has 0 aliphatic carbocycles. The van der Waals surface area contributed by atoms with E-state index in [0.717, 1.165) is 70.6 Å². The summed E-state index contributed by atoms with van der Waals surface area (Å²) >= 11 is 0. The Morgan fingerprint density at radius 3 is 1.38 bits per heavy atom. The van der Waals surface area contributed by atoms with E-state index < -0.39 is 6.29 Å². The molecule has 0 heterocycles. The average Bonchev–Trinajstić information content (AvgIpc) is 2.63. The number of carbonyl (C=O) groups excluding carboxylic acids is 2. The van der Waals surface area contributed by atoms with Gasteiger partial charge in [-0.25, -0.2) is 0 Å². The molecule has 154 valence electrons. The zero-order valence-corrected chi connectivity index (χ0v) is 17.9. The van der Waals surface area contributed by atoms with E-state index in [1.165, 1.54) is 0 Å². The van der Waals surface area contributed by atoms with Gasteiger partial charge in [0.05, 0.1) is 11.8 Å². The third kappa shape index (κ3) is 10.8. The first-order chi connectivity index (χ1) is 12.5. The summed E-state index contributed by atoms with van der Waals surface area (Å²) in [6.07, 6.45) is 10.3. The van der Waals surface area contributed by atoms with Gasteiger partial charge < -0.3 is 9.47 Å². The molecule has 26 heavy (non-hydrogen) atoms. The van der Waals surface area contributed by atoms with Crippen LogP contribution in [0.3, 0.4) is 0 Å². The van der Waals surface area contributed by atoms with Crippen molar-refractivity contribution in [3.63, 3.8) is 0 Å². The SMILES string of the molecule is CCCCCC(OC(=O)C(CC)CCCC)OC(=O)C(CC)CCCC. The van der Waals surface area contributed by atoms with E-state index in [1.54, 1.807) is 0 Å². The molecule has 0 saturated heterocycles. The van der Waals surface area contributed by atoms with E-state index in [4.69, 9.17) is 9.47 Å². The Morgan fingerprint density at radius 2 is 1.04 bits per heavy atom. The number of hydrogen-bond acceptors (Lipinski definition) is 4. The first kappa shape index (κ1) is 24.9. The van der Waals surface area contributed by atoms with Crippen molar-refractivity contribution in [1.29, 1.82) is 0 Å². The molecule has 0 amide bonds. The zero-order chi connectivity index (χ0) is 19.8.